The van der Waals surface area contributed by atoms with Crippen LogP contribution in [0.15, 0.2) is 40.3 Å². The molecule has 0 amide bonds. The number of aromatic nitrogens is 3. The molecule has 0 bridgehead atoms. The monoisotopic (exact) mass is 449 g/mol. The van der Waals surface area contributed by atoms with Gasteiger partial charge in [0.2, 0.25) is 0 Å². The van der Waals surface area contributed by atoms with Crippen LogP contribution in [0.1, 0.15) is 46.1 Å². The molecule has 0 atom stereocenters. The third kappa shape index (κ3) is 4.30. The number of aryl methyl sites for hydroxylation is 1. The normalized spacial score (nSPS) is 14.1. The maximum atomic E-state index is 13.0. The standard InChI is InChI=1S/C21H18F3N3O3S/c1-11-8-15(19(29)30-2)16-17(25-11)27(14-6-7-14)20(26-18(16)28)31-10-12-4-3-5-13(9-12)21(22,23)24/h3-5,8-9,14H,6-7,10H2,1-2H3. The molecule has 0 unspecified atom stereocenters. The summed E-state index contributed by atoms with van der Waals surface area (Å²) in [6.07, 6.45) is -2.70. The lowest BCUT2D eigenvalue weighted by molar-refractivity contribution is -0.137. The number of halogens is 3. The van der Waals surface area contributed by atoms with Gasteiger partial charge in [-0.15, -0.1) is 0 Å². The van der Waals surface area contributed by atoms with Crippen molar-refractivity contribution in [2.45, 2.75) is 42.9 Å². The Kier molecular flexibility index (Phi) is 5.50. The molecule has 0 N–H and O–H groups in total. The van der Waals surface area contributed by atoms with Crippen molar-refractivity contribution in [1.29, 1.82) is 0 Å². The number of fused-ring (bicyclic) bond motifs is 1. The smallest absolute Gasteiger partial charge is 0.416 e. The summed E-state index contributed by atoms with van der Waals surface area (Å²) < 4.78 is 45.6. The molecule has 6 nitrogen and oxygen atoms in total. The first-order valence-electron chi connectivity index (χ1n) is 9.50. The van der Waals surface area contributed by atoms with Crippen molar-refractivity contribution in [3.63, 3.8) is 0 Å². The topological polar surface area (TPSA) is 74.1 Å². The molecule has 4 rings (SSSR count). The maximum absolute atomic E-state index is 13.0. The number of hydrogen-bond donors (Lipinski definition) is 0. The van der Waals surface area contributed by atoms with Gasteiger partial charge in [0.1, 0.15) is 5.65 Å². The number of rotatable bonds is 5. The molecule has 31 heavy (non-hydrogen) atoms. The molecule has 1 aliphatic carbocycles. The molecule has 1 aromatic carbocycles. The molecule has 0 spiro atoms. The molecule has 0 aliphatic heterocycles. The van der Waals surface area contributed by atoms with Gasteiger partial charge >= 0.3 is 12.1 Å². The number of benzene rings is 1. The first-order valence-corrected chi connectivity index (χ1v) is 10.5. The fraction of sp³-hybridized carbons (Fsp3) is 0.333. The van der Waals surface area contributed by atoms with Crippen molar-refractivity contribution >= 4 is 28.8 Å². The molecule has 162 valence electrons. The summed E-state index contributed by atoms with van der Waals surface area (Å²) >= 11 is 1.17. The Morgan fingerprint density at radius 1 is 1.26 bits per heavy atom. The Labute approximate surface area is 179 Å². The zero-order chi connectivity index (χ0) is 22.3. The number of pyridine rings is 1. The van der Waals surface area contributed by atoms with Gasteiger partial charge in [-0.2, -0.15) is 18.2 Å². The Morgan fingerprint density at radius 2 is 2.00 bits per heavy atom. The van der Waals surface area contributed by atoms with Gasteiger partial charge in [-0.05, 0) is 37.5 Å². The van der Waals surface area contributed by atoms with Crippen molar-refractivity contribution in [2.24, 2.45) is 0 Å². The minimum atomic E-state index is -4.43. The molecular weight excluding hydrogens is 431 g/mol. The van der Waals surface area contributed by atoms with Gasteiger partial charge in [-0.1, -0.05) is 30.0 Å². The van der Waals surface area contributed by atoms with Crippen molar-refractivity contribution in [2.75, 3.05) is 7.11 Å². The predicted octanol–water partition coefficient (Wildman–Crippen LogP) is 4.53. The summed E-state index contributed by atoms with van der Waals surface area (Å²) in [5.41, 5.74) is 0.106. The highest BCUT2D eigenvalue weighted by atomic mass is 32.2. The van der Waals surface area contributed by atoms with Crippen LogP contribution >= 0.6 is 11.8 Å². The molecule has 1 saturated carbocycles. The summed E-state index contributed by atoms with van der Waals surface area (Å²) in [6.45, 7) is 1.71. The number of ether oxygens (including phenoxy) is 1. The average Bonchev–Trinajstić information content (AvgIpc) is 3.55. The highest BCUT2D eigenvalue weighted by molar-refractivity contribution is 7.98. The highest BCUT2D eigenvalue weighted by Crippen LogP contribution is 2.40. The van der Waals surface area contributed by atoms with E-state index in [-0.39, 0.29) is 22.7 Å². The van der Waals surface area contributed by atoms with E-state index in [1.54, 1.807) is 13.0 Å². The number of alkyl halides is 3. The fourth-order valence-corrected chi connectivity index (χ4v) is 4.35. The third-order valence-electron chi connectivity index (χ3n) is 4.91. The minimum Gasteiger partial charge on any atom is -0.465 e. The van der Waals surface area contributed by atoms with E-state index in [9.17, 15) is 22.8 Å². The summed E-state index contributed by atoms with van der Waals surface area (Å²) in [5.74, 6) is -0.453. The van der Waals surface area contributed by atoms with Gasteiger partial charge in [-0.3, -0.25) is 4.79 Å². The van der Waals surface area contributed by atoms with Crippen LogP contribution in [0.25, 0.3) is 11.0 Å². The zero-order valence-electron chi connectivity index (χ0n) is 16.7. The molecule has 2 aromatic heterocycles. The number of esters is 1. The van der Waals surface area contributed by atoms with Crippen LogP contribution in [0.5, 0.6) is 0 Å². The number of methoxy groups -OCH3 is 1. The van der Waals surface area contributed by atoms with Crippen molar-refractivity contribution in [3.05, 3.63) is 63.1 Å². The van der Waals surface area contributed by atoms with Crippen LogP contribution in [-0.4, -0.2) is 27.6 Å². The van der Waals surface area contributed by atoms with E-state index < -0.39 is 23.3 Å². The van der Waals surface area contributed by atoms with Crippen LogP contribution < -0.4 is 5.56 Å². The molecular formula is C21H18F3N3O3S. The van der Waals surface area contributed by atoms with Gasteiger partial charge < -0.3 is 9.30 Å². The van der Waals surface area contributed by atoms with Gasteiger partial charge in [0.05, 0.1) is 23.6 Å². The molecule has 3 aromatic rings. The van der Waals surface area contributed by atoms with E-state index in [1.807, 2.05) is 4.57 Å². The second kappa shape index (κ2) is 7.99. The van der Waals surface area contributed by atoms with E-state index in [1.165, 1.54) is 31.0 Å². The minimum absolute atomic E-state index is 0.0689. The van der Waals surface area contributed by atoms with Crippen LogP contribution in [0.4, 0.5) is 13.2 Å². The number of thioether (sulfide) groups is 1. The largest absolute Gasteiger partial charge is 0.465 e. The molecule has 1 aliphatic rings. The molecule has 1 fully saturated rings. The maximum Gasteiger partial charge on any atom is 0.416 e. The summed E-state index contributed by atoms with van der Waals surface area (Å²) in [5, 5.41) is 0.457. The van der Waals surface area contributed by atoms with Gasteiger partial charge in [0, 0.05) is 17.5 Å². The Morgan fingerprint density at radius 3 is 2.65 bits per heavy atom. The fourth-order valence-electron chi connectivity index (χ4n) is 3.35. The quantitative estimate of drug-likeness (QED) is 0.324. The molecule has 0 radical (unpaired) electrons. The Bertz CT molecular complexity index is 1240. The molecule has 2 heterocycles. The van der Waals surface area contributed by atoms with Crippen molar-refractivity contribution < 1.29 is 22.7 Å². The lowest BCUT2D eigenvalue weighted by Crippen LogP contribution is -2.20. The SMILES string of the molecule is COC(=O)c1cc(C)nc2c1c(=O)nc(SCc1cccc(C(F)(F)F)c1)n2C1CC1. The Hall–Kier alpha value is -2.88. The van der Waals surface area contributed by atoms with Gasteiger partial charge in [0.15, 0.2) is 5.16 Å². The van der Waals surface area contributed by atoms with E-state index in [4.69, 9.17) is 4.74 Å². The van der Waals surface area contributed by atoms with Crippen LogP contribution in [0.3, 0.4) is 0 Å². The first kappa shape index (κ1) is 21.4. The van der Waals surface area contributed by atoms with E-state index >= 15 is 0 Å². The first-order chi connectivity index (χ1) is 14.7. The van der Waals surface area contributed by atoms with Crippen LogP contribution in [0, 0.1) is 6.92 Å². The van der Waals surface area contributed by atoms with Crippen LogP contribution in [0.2, 0.25) is 0 Å². The number of carbonyl (C=O) groups excluding carboxylic acids is 1. The van der Waals surface area contributed by atoms with E-state index in [2.05, 4.69) is 9.97 Å². The summed E-state index contributed by atoms with van der Waals surface area (Å²) in [6, 6.07) is 6.62. The second-order valence-electron chi connectivity index (χ2n) is 7.29. The van der Waals surface area contributed by atoms with E-state index in [0.717, 1.165) is 25.0 Å². The van der Waals surface area contributed by atoms with Gasteiger partial charge in [0.25, 0.3) is 5.56 Å². The van der Waals surface area contributed by atoms with Crippen molar-refractivity contribution in [1.82, 2.24) is 14.5 Å². The third-order valence-corrected chi connectivity index (χ3v) is 5.94. The lowest BCUT2D eigenvalue weighted by Gasteiger charge is -2.16. The Balaban J connectivity index is 1.78. The lowest BCUT2D eigenvalue weighted by atomic mass is 10.1. The number of hydrogen-bond acceptors (Lipinski definition) is 6. The second-order valence-corrected chi connectivity index (χ2v) is 8.23. The number of carbonyl (C=O) groups is 1. The van der Waals surface area contributed by atoms with Crippen molar-refractivity contribution in [3.8, 4) is 0 Å². The number of nitrogens with zero attached hydrogens (tertiary/aromatic N) is 3. The summed E-state index contributed by atoms with van der Waals surface area (Å²) in [4.78, 5) is 33.7. The zero-order valence-corrected chi connectivity index (χ0v) is 17.5. The highest BCUT2D eigenvalue weighted by Gasteiger charge is 2.32. The van der Waals surface area contributed by atoms with E-state index in [0.29, 0.717) is 22.1 Å². The molecule has 10 heteroatoms. The molecule has 0 saturated heterocycles. The van der Waals surface area contributed by atoms with Gasteiger partial charge in [-0.25, -0.2) is 9.78 Å². The predicted molar refractivity (Wildman–Crippen MR) is 109 cm³/mol. The van der Waals surface area contributed by atoms with Crippen LogP contribution in [-0.2, 0) is 16.7 Å². The average molecular weight is 449 g/mol. The summed E-state index contributed by atoms with van der Waals surface area (Å²) in [7, 11) is 1.23.